The third-order valence-corrected chi connectivity index (χ3v) is 3.53. The number of hydrogen-bond donors (Lipinski definition) is 2. The second-order valence-electron chi connectivity index (χ2n) is 5.01. The number of piperidine rings is 1. The number of carbonyl (C=O) groups excluding carboxylic acids is 1. The predicted octanol–water partition coefficient (Wildman–Crippen LogP) is 1.81. The van der Waals surface area contributed by atoms with Gasteiger partial charge < -0.3 is 15.4 Å². The monoisotopic (exact) mass is 262 g/mol. The lowest BCUT2D eigenvalue weighted by Crippen LogP contribution is -2.48. The fourth-order valence-corrected chi connectivity index (χ4v) is 2.35. The molecule has 4 nitrogen and oxygen atoms in total. The van der Waals surface area contributed by atoms with Gasteiger partial charge in [0.25, 0.3) is 5.91 Å². The molecule has 0 aliphatic carbocycles. The molecule has 0 saturated carbocycles. The van der Waals surface area contributed by atoms with Gasteiger partial charge in [-0.3, -0.25) is 4.79 Å². The van der Waals surface area contributed by atoms with Crippen molar-refractivity contribution in [1.29, 1.82) is 0 Å². The highest BCUT2D eigenvalue weighted by atomic mass is 16.5. The van der Waals surface area contributed by atoms with Crippen LogP contribution >= 0.6 is 0 Å². The molecule has 1 fully saturated rings. The van der Waals surface area contributed by atoms with E-state index < -0.39 is 0 Å². The van der Waals surface area contributed by atoms with Crippen molar-refractivity contribution < 1.29 is 9.53 Å². The van der Waals surface area contributed by atoms with E-state index in [9.17, 15) is 4.79 Å². The molecule has 19 heavy (non-hydrogen) atoms. The molecule has 1 aliphatic heterocycles. The lowest BCUT2D eigenvalue weighted by molar-refractivity contribution is 0.0914. The van der Waals surface area contributed by atoms with E-state index in [1.165, 1.54) is 0 Å². The summed E-state index contributed by atoms with van der Waals surface area (Å²) in [7, 11) is 0. The maximum Gasteiger partial charge on any atom is 0.251 e. The van der Waals surface area contributed by atoms with Gasteiger partial charge in [-0.25, -0.2) is 0 Å². The Hall–Kier alpha value is -1.55. The highest BCUT2D eigenvalue weighted by Crippen LogP contribution is 2.14. The van der Waals surface area contributed by atoms with Gasteiger partial charge in [-0.05, 0) is 56.6 Å². The summed E-state index contributed by atoms with van der Waals surface area (Å²) in [5, 5.41) is 6.45. The summed E-state index contributed by atoms with van der Waals surface area (Å²) in [5.74, 6) is 1.27. The smallest absolute Gasteiger partial charge is 0.251 e. The quantitative estimate of drug-likeness (QED) is 0.870. The van der Waals surface area contributed by atoms with E-state index in [0.717, 1.165) is 25.3 Å². The molecule has 1 aromatic carbocycles. The van der Waals surface area contributed by atoms with Crippen LogP contribution in [-0.4, -0.2) is 31.6 Å². The van der Waals surface area contributed by atoms with Crippen LogP contribution in [-0.2, 0) is 0 Å². The van der Waals surface area contributed by atoms with Crippen LogP contribution in [0.1, 0.15) is 30.6 Å². The van der Waals surface area contributed by atoms with Gasteiger partial charge in [0.1, 0.15) is 5.75 Å². The van der Waals surface area contributed by atoms with Crippen LogP contribution in [0.3, 0.4) is 0 Å². The molecule has 4 heteroatoms. The van der Waals surface area contributed by atoms with E-state index in [1.807, 2.05) is 31.2 Å². The van der Waals surface area contributed by atoms with Crippen LogP contribution in [0.4, 0.5) is 0 Å². The minimum Gasteiger partial charge on any atom is -0.494 e. The van der Waals surface area contributed by atoms with E-state index in [4.69, 9.17) is 4.74 Å². The third-order valence-electron chi connectivity index (χ3n) is 3.53. The van der Waals surface area contributed by atoms with Crippen molar-refractivity contribution in [3.8, 4) is 5.75 Å². The SMILES string of the molecule is CCOc1ccc(C(=O)NC2CCNCC2C)cc1. The molecule has 0 radical (unpaired) electrons. The molecule has 0 aromatic heterocycles. The van der Waals surface area contributed by atoms with E-state index >= 15 is 0 Å². The van der Waals surface area contributed by atoms with Crippen LogP contribution in [0.15, 0.2) is 24.3 Å². The average molecular weight is 262 g/mol. The number of carbonyl (C=O) groups is 1. The summed E-state index contributed by atoms with van der Waals surface area (Å²) >= 11 is 0. The molecule has 1 saturated heterocycles. The van der Waals surface area contributed by atoms with Crippen LogP contribution in [0.5, 0.6) is 5.75 Å². The minimum atomic E-state index is 0.00167. The van der Waals surface area contributed by atoms with E-state index in [-0.39, 0.29) is 11.9 Å². The normalized spacial score (nSPS) is 22.8. The molecule has 2 unspecified atom stereocenters. The maximum absolute atomic E-state index is 12.2. The molecule has 1 amide bonds. The number of nitrogens with one attached hydrogen (secondary N) is 2. The van der Waals surface area contributed by atoms with Gasteiger partial charge in [0.15, 0.2) is 0 Å². The van der Waals surface area contributed by atoms with E-state index in [2.05, 4.69) is 17.6 Å². The first-order chi connectivity index (χ1) is 9.20. The van der Waals surface area contributed by atoms with Crippen molar-refractivity contribution in [1.82, 2.24) is 10.6 Å². The van der Waals surface area contributed by atoms with Crippen molar-refractivity contribution in [2.75, 3.05) is 19.7 Å². The second kappa shape index (κ2) is 6.57. The highest BCUT2D eigenvalue weighted by molar-refractivity contribution is 5.94. The summed E-state index contributed by atoms with van der Waals surface area (Å²) in [6.45, 7) is 6.68. The van der Waals surface area contributed by atoms with Crippen molar-refractivity contribution in [3.05, 3.63) is 29.8 Å². The molecule has 2 rings (SSSR count). The largest absolute Gasteiger partial charge is 0.494 e. The summed E-state index contributed by atoms with van der Waals surface area (Å²) < 4.78 is 5.37. The topological polar surface area (TPSA) is 50.4 Å². The number of rotatable bonds is 4. The molecule has 1 aromatic rings. The first-order valence-corrected chi connectivity index (χ1v) is 6.95. The molecule has 2 atom stereocenters. The van der Waals surface area contributed by atoms with Crippen molar-refractivity contribution in [3.63, 3.8) is 0 Å². The molecule has 104 valence electrons. The summed E-state index contributed by atoms with van der Waals surface area (Å²) in [5.41, 5.74) is 0.689. The Labute approximate surface area is 114 Å². The Kier molecular flexibility index (Phi) is 4.80. The Balaban J connectivity index is 1.95. The summed E-state index contributed by atoms with van der Waals surface area (Å²) in [6, 6.07) is 7.56. The molecule has 0 bridgehead atoms. The Morgan fingerprint density at radius 2 is 2.16 bits per heavy atom. The van der Waals surface area contributed by atoms with Crippen LogP contribution in [0.25, 0.3) is 0 Å². The maximum atomic E-state index is 12.2. The number of ether oxygens (including phenoxy) is 1. The number of hydrogen-bond acceptors (Lipinski definition) is 3. The van der Waals surface area contributed by atoms with Crippen LogP contribution < -0.4 is 15.4 Å². The van der Waals surface area contributed by atoms with E-state index in [1.54, 1.807) is 0 Å². The van der Waals surface area contributed by atoms with Crippen molar-refractivity contribution >= 4 is 5.91 Å². The van der Waals surface area contributed by atoms with Crippen LogP contribution in [0, 0.1) is 5.92 Å². The Morgan fingerprint density at radius 3 is 2.79 bits per heavy atom. The molecular formula is C15H22N2O2. The summed E-state index contributed by atoms with van der Waals surface area (Å²) in [4.78, 5) is 12.2. The van der Waals surface area contributed by atoms with Gasteiger partial charge >= 0.3 is 0 Å². The van der Waals surface area contributed by atoms with Crippen molar-refractivity contribution in [2.24, 2.45) is 5.92 Å². The minimum absolute atomic E-state index is 0.00167. The zero-order valence-corrected chi connectivity index (χ0v) is 11.6. The molecule has 1 heterocycles. The van der Waals surface area contributed by atoms with Crippen molar-refractivity contribution in [2.45, 2.75) is 26.3 Å². The molecule has 1 aliphatic rings. The fraction of sp³-hybridized carbons (Fsp3) is 0.533. The van der Waals surface area contributed by atoms with Gasteiger partial charge in [0.2, 0.25) is 0 Å². The number of amides is 1. The third kappa shape index (κ3) is 3.70. The Morgan fingerprint density at radius 1 is 1.42 bits per heavy atom. The second-order valence-corrected chi connectivity index (χ2v) is 5.01. The first kappa shape index (κ1) is 13.9. The number of benzene rings is 1. The fourth-order valence-electron chi connectivity index (χ4n) is 2.35. The standard InChI is InChI=1S/C15H22N2O2/c1-3-19-13-6-4-12(5-7-13)15(18)17-14-8-9-16-10-11(14)2/h4-7,11,14,16H,3,8-10H2,1-2H3,(H,17,18). The summed E-state index contributed by atoms with van der Waals surface area (Å²) in [6.07, 6.45) is 0.990. The van der Waals surface area contributed by atoms with Gasteiger partial charge in [0, 0.05) is 11.6 Å². The average Bonchev–Trinajstić information content (AvgIpc) is 2.42. The molecule has 2 N–H and O–H groups in total. The first-order valence-electron chi connectivity index (χ1n) is 6.95. The van der Waals surface area contributed by atoms with E-state index in [0.29, 0.717) is 18.1 Å². The van der Waals surface area contributed by atoms with Gasteiger partial charge in [-0.1, -0.05) is 6.92 Å². The van der Waals surface area contributed by atoms with Gasteiger partial charge in [-0.15, -0.1) is 0 Å². The lowest BCUT2D eigenvalue weighted by Gasteiger charge is -2.30. The molecular weight excluding hydrogens is 240 g/mol. The highest BCUT2D eigenvalue weighted by Gasteiger charge is 2.22. The lowest BCUT2D eigenvalue weighted by atomic mass is 9.95. The van der Waals surface area contributed by atoms with Crippen LogP contribution in [0.2, 0.25) is 0 Å². The zero-order valence-electron chi connectivity index (χ0n) is 11.6. The Bertz CT molecular complexity index is 417. The zero-order chi connectivity index (χ0) is 13.7. The van der Waals surface area contributed by atoms with Gasteiger partial charge in [0.05, 0.1) is 6.61 Å². The molecule has 0 spiro atoms. The van der Waals surface area contributed by atoms with Gasteiger partial charge in [-0.2, -0.15) is 0 Å². The predicted molar refractivity (Wildman–Crippen MR) is 75.5 cm³/mol.